The largest absolute Gasteiger partial charge is 0.392 e. The molecular weight excluding hydrogens is 152 g/mol. The highest BCUT2D eigenvalue weighted by Crippen LogP contribution is 2.17. The van der Waals surface area contributed by atoms with Gasteiger partial charge in [-0.1, -0.05) is 34.1 Å². The number of aliphatic hydroxyl groups excluding tert-OH is 1. The van der Waals surface area contributed by atoms with E-state index in [1.807, 2.05) is 27.7 Å². The Morgan fingerprint density at radius 3 is 2.17 bits per heavy atom. The number of aliphatic hydroxyl groups is 1. The molecule has 3 atom stereocenters. The highest BCUT2D eigenvalue weighted by Gasteiger charge is 2.24. The normalized spacial score (nSPS) is 18.4. The fourth-order valence-electron chi connectivity index (χ4n) is 1.25. The van der Waals surface area contributed by atoms with E-state index in [1.165, 1.54) is 0 Å². The second-order valence-electron chi connectivity index (χ2n) is 3.48. The molecule has 0 spiro atoms. The molecule has 0 saturated carbocycles. The number of hydrogen-bond donors (Lipinski definition) is 1. The highest BCUT2D eigenvalue weighted by atomic mass is 16.3. The van der Waals surface area contributed by atoms with Crippen molar-refractivity contribution in [2.45, 2.75) is 46.6 Å². The standard InChI is InChI=1S/C10H20O2/c1-5-7(3)10(12)8(4)9(11)6-2/h7-8,10,12H,5-6H2,1-4H3/t7-,8+,10+/m0/s1. The van der Waals surface area contributed by atoms with Crippen LogP contribution in [-0.4, -0.2) is 17.0 Å². The number of carbonyl (C=O) groups is 1. The molecule has 12 heavy (non-hydrogen) atoms. The molecular formula is C10H20O2. The van der Waals surface area contributed by atoms with Gasteiger partial charge >= 0.3 is 0 Å². The van der Waals surface area contributed by atoms with Crippen molar-refractivity contribution >= 4 is 5.78 Å². The first kappa shape index (κ1) is 11.6. The van der Waals surface area contributed by atoms with Crippen molar-refractivity contribution in [1.82, 2.24) is 0 Å². The third kappa shape index (κ3) is 2.94. The van der Waals surface area contributed by atoms with Gasteiger partial charge in [-0.3, -0.25) is 4.79 Å². The van der Waals surface area contributed by atoms with Crippen LogP contribution in [-0.2, 0) is 4.79 Å². The molecule has 2 nitrogen and oxygen atoms in total. The molecule has 1 N–H and O–H groups in total. The van der Waals surface area contributed by atoms with E-state index in [-0.39, 0.29) is 17.6 Å². The van der Waals surface area contributed by atoms with Gasteiger partial charge in [-0.05, 0) is 5.92 Å². The average molecular weight is 172 g/mol. The molecule has 0 aliphatic rings. The Hall–Kier alpha value is -0.370. The summed E-state index contributed by atoms with van der Waals surface area (Å²) >= 11 is 0. The molecule has 0 aliphatic carbocycles. The lowest BCUT2D eigenvalue weighted by Crippen LogP contribution is -2.30. The Morgan fingerprint density at radius 1 is 1.33 bits per heavy atom. The third-order valence-corrected chi connectivity index (χ3v) is 2.60. The molecule has 0 aromatic heterocycles. The van der Waals surface area contributed by atoms with Crippen LogP contribution in [0.15, 0.2) is 0 Å². The van der Waals surface area contributed by atoms with Gasteiger partial charge in [0.2, 0.25) is 0 Å². The molecule has 0 aliphatic heterocycles. The molecule has 0 fully saturated rings. The summed E-state index contributed by atoms with van der Waals surface area (Å²) in [7, 11) is 0. The van der Waals surface area contributed by atoms with Gasteiger partial charge in [-0.15, -0.1) is 0 Å². The minimum absolute atomic E-state index is 0.155. The fourth-order valence-corrected chi connectivity index (χ4v) is 1.25. The van der Waals surface area contributed by atoms with Gasteiger partial charge in [0.1, 0.15) is 5.78 Å². The van der Waals surface area contributed by atoms with E-state index in [0.717, 1.165) is 6.42 Å². The molecule has 0 rings (SSSR count). The lowest BCUT2D eigenvalue weighted by atomic mass is 9.88. The first-order valence-electron chi connectivity index (χ1n) is 4.75. The topological polar surface area (TPSA) is 37.3 Å². The van der Waals surface area contributed by atoms with Crippen molar-refractivity contribution in [3.05, 3.63) is 0 Å². The predicted molar refractivity (Wildman–Crippen MR) is 49.9 cm³/mol. The van der Waals surface area contributed by atoms with E-state index in [4.69, 9.17) is 0 Å². The van der Waals surface area contributed by atoms with Crippen LogP contribution >= 0.6 is 0 Å². The predicted octanol–water partition coefficient (Wildman–Crippen LogP) is 2.01. The number of carbonyl (C=O) groups excluding carboxylic acids is 1. The first-order chi connectivity index (χ1) is 5.54. The molecule has 0 bridgehead atoms. The minimum Gasteiger partial charge on any atom is -0.392 e. The van der Waals surface area contributed by atoms with Crippen molar-refractivity contribution in [3.8, 4) is 0 Å². The molecule has 0 aromatic rings. The molecule has 0 amide bonds. The van der Waals surface area contributed by atoms with Crippen molar-refractivity contribution in [3.63, 3.8) is 0 Å². The van der Waals surface area contributed by atoms with Crippen molar-refractivity contribution in [1.29, 1.82) is 0 Å². The van der Waals surface area contributed by atoms with Crippen LogP contribution in [0.1, 0.15) is 40.5 Å². The second kappa shape index (κ2) is 5.31. The van der Waals surface area contributed by atoms with Gasteiger partial charge in [0.25, 0.3) is 0 Å². The summed E-state index contributed by atoms with van der Waals surface area (Å²) in [5, 5.41) is 9.67. The monoisotopic (exact) mass is 172 g/mol. The molecule has 2 heteroatoms. The smallest absolute Gasteiger partial charge is 0.138 e. The number of rotatable bonds is 5. The van der Waals surface area contributed by atoms with Crippen molar-refractivity contribution < 1.29 is 9.90 Å². The van der Waals surface area contributed by atoms with Crippen LogP contribution in [0.4, 0.5) is 0 Å². The summed E-state index contributed by atoms with van der Waals surface area (Å²) in [4.78, 5) is 11.2. The van der Waals surface area contributed by atoms with E-state index >= 15 is 0 Å². The Kier molecular flexibility index (Phi) is 5.14. The maximum Gasteiger partial charge on any atom is 0.138 e. The van der Waals surface area contributed by atoms with E-state index < -0.39 is 6.10 Å². The lowest BCUT2D eigenvalue weighted by molar-refractivity contribution is -0.126. The van der Waals surface area contributed by atoms with Crippen LogP contribution in [0.25, 0.3) is 0 Å². The molecule has 0 radical (unpaired) electrons. The van der Waals surface area contributed by atoms with Gasteiger partial charge in [0.05, 0.1) is 6.10 Å². The lowest BCUT2D eigenvalue weighted by Gasteiger charge is -2.22. The minimum atomic E-state index is -0.470. The van der Waals surface area contributed by atoms with E-state index in [1.54, 1.807) is 0 Å². The van der Waals surface area contributed by atoms with Crippen LogP contribution < -0.4 is 0 Å². The van der Waals surface area contributed by atoms with Crippen LogP contribution in [0, 0.1) is 11.8 Å². The summed E-state index contributed by atoms with van der Waals surface area (Å²) in [6, 6.07) is 0. The van der Waals surface area contributed by atoms with Gasteiger partial charge < -0.3 is 5.11 Å². The SMILES string of the molecule is CCC(=O)[C@@H](C)[C@H](O)[C@@H](C)CC. The van der Waals surface area contributed by atoms with Gasteiger partial charge in [-0.2, -0.15) is 0 Å². The first-order valence-corrected chi connectivity index (χ1v) is 4.75. The van der Waals surface area contributed by atoms with Gasteiger partial charge in [0, 0.05) is 12.3 Å². The number of Topliss-reactive ketones (excluding diaryl/α,β-unsaturated/α-hetero) is 1. The highest BCUT2D eigenvalue weighted by molar-refractivity contribution is 5.80. The van der Waals surface area contributed by atoms with Gasteiger partial charge in [-0.25, -0.2) is 0 Å². The summed E-state index contributed by atoms with van der Waals surface area (Å²) in [6.07, 6.45) is 0.972. The van der Waals surface area contributed by atoms with Crippen LogP contribution in [0.3, 0.4) is 0 Å². The van der Waals surface area contributed by atoms with E-state index in [9.17, 15) is 9.90 Å². The van der Waals surface area contributed by atoms with Gasteiger partial charge in [0.15, 0.2) is 0 Å². The average Bonchev–Trinajstić information content (AvgIpc) is 2.12. The number of hydrogen-bond acceptors (Lipinski definition) is 2. The third-order valence-electron chi connectivity index (χ3n) is 2.60. The van der Waals surface area contributed by atoms with Crippen molar-refractivity contribution in [2.75, 3.05) is 0 Å². The quantitative estimate of drug-likeness (QED) is 0.688. The second-order valence-corrected chi connectivity index (χ2v) is 3.48. The molecule has 0 saturated heterocycles. The Morgan fingerprint density at radius 2 is 1.83 bits per heavy atom. The molecule has 0 heterocycles. The fraction of sp³-hybridized carbons (Fsp3) is 0.900. The van der Waals surface area contributed by atoms with E-state index in [0.29, 0.717) is 6.42 Å². The molecule has 0 unspecified atom stereocenters. The Labute approximate surface area is 75.0 Å². The Bertz CT molecular complexity index is 143. The summed E-state index contributed by atoms with van der Waals surface area (Å²) in [5.74, 6) is 0.170. The molecule has 0 aromatic carbocycles. The Balaban J connectivity index is 4.08. The number of ketones is 1. The van der Waals surface area contributed by atoms with E-state index in [2.05, 4.69) is 0 Å². The maximum absolute atomic E-state index is 11.2. The van der Waals surface area contributed by atoms with Crippen LogP contribution in [0.2, 0.25) is 0 Å². The zero-order chi connectivity index (χ0) is 9.72. The van der Waals surface area contributed by atoms with Crippen LogP contribution in [0.5, 0.6) is 0 Å². The zero-order valence-corrected chi connectivity index (χ0v) is 8.50. The van der Waals surface area contributed by atoms with Crippen molar-refractivity contribution in [2.24, 2.45) is 11.8 Å². The molecule has 72 valence electrons. The summed E-state index contributed by atoms with van der Waals surface area (Å²) in [6.45, 7) is 7.64. The summed E-state index contributed by atoms with van der Waals surface area (Å²) < 4.78 is 0. The maximum atomic E-state index is 11.2. The summed E-state index contributed by atoms with van der Waals surface area (Å²) in [5.41, 5.74) is 0. The zero-order valence-electron chi connectivity index (χ0n) is 8.50.